The zero-order valence-electron chi connectivity index (χ0n) is 9.66. The highest BCUT2D eigenvalue weighted by atomic mass is 16.1. The molecule has 2 heterocycles. The summed E-state index contributed by atoms with van der Waals surface area (Å²) in [5, 5.41) is 3.23. The van der Waals surface area contributed by atoms with Crippen LogP contribution >= 0.6 is 0 Å². The second-order valence-electron chi connectivity index (χ2n) is 4.02. The van der Waals surface area contributed by atoms with Crippen molar-refractivity contribution in [3.63, 3.8) is 0 Å². The SMILES string of the molecule is C=C1C(C=O)=CNC2C(C)=C(CC)C=CN12. The van der Waals surface area contributed by atoms with Crippen molar-refractivity contribution in [1.82, 2.24) is 10.2 Å². The first kappa shape index (κ1) is 10.7. The fourth-order valence-electron chi connectivity index (χ4n) is 2.12. The molecular formula is C13H16N2O. The Hall–Kier alpha value is -1.77. The van der Waals surface area contributed by atoms with Gasteiger partial charge in [-0.2, -0.15) is 0 Å². The molecule has 0 aliphatic carbocycles. The molecule has 0 fully saturated rings. The van der Waals surface area contributed by atoms with Gasteiger partial charge in [-0.25, -0.2) is 0 Å². The van der Waals surface area contributed by atoms with Crippen molar-refractivity contribution in [2.24, 2.45) is 0 Å². The lowest BCUT2D eigenvalue weighted by Crippen LogP contribution is -2.46. The van der Waals surface area contributed by atoms with E-state index < -0.39 is 0 Å². The minimum atomic E-state index is 0.108. The number of hydrogen-bond donors (Lipinski definition) is 1. The zero-order chi connectivity index (χ0) is 11.7. The molecule has 1 unspecified atom stereocenters. The Balaban J connectivity index is 2.37. The van der Waals surface area contributed by atoms with E-state index in [1.807, 2.05) is 11.1 Å². The number of nitrogens with one attached hydrogen (secondary N) is 1. The summed E-state index contributed by atoms with van der Waals surface area (Å²) in [6, 6.07) is 0. The van der Waals surface area contributed by atoms with E-state index in [0.29, 0.717) is 5.57 Å². The molecule has 0 spiro atoms. The second-order valence-corrected chi connectivity index (χ2v) is 4.02. The Morgan fingerprint density at radius 1 is 1.62 bits per heavy atom. The molecule has 0 amide bonds. The molecule has 84 valence electrons. The van der Waals surface area contributed by atoms with Gasteiger partial charge in [0.2, 0.25) is 0 Å². The zero-order valence-corrected chi connectivity index (χ0v) is 9.66. The second kappa shape index (κ2) is 4.00. The molecule has 3 heteroatoms. The number of aldehydes is 1. The molecule has 0 saturated heterocycles. The molecule has 0 aromatic carbocycles. The van der Waals surface area contributed by atoms with Crippen molar-refractivity contribution in [1.29, 1.82) is 0 Å². The number of hydrogen-bond acceptors (Lipinski definition) is 3. The highest BCUT2D eigenvalue weighted by Crippen LogP contribution is 2.29. The van der Waals surface area contributed by atoms with E-state index >= 15 is 0 Å². The van der Waals surface area contributed by atoms with Crippen LogP contribution in [0.5, 0.6) is 0 Å². The van der Waals surface area contributed by atoms with E-state index in [0.717, 1.165) is 18.4 Å². The Labute approximate surface area is 95.8 Å². The van der Waals surface area contributed by atoms with Gasteiger partial charge >= 0.3 is 0 Å². The van der Waals surface area contributed by atoms with Crippen molar-refractivity contribution < 1.29 is 4.79 Å². The fraction of sp³-hybridized carbons (Fsp3) is 0.308. The summed E-state index contributed by atoms with van der Waals surface area (Å²) in [4.78, 5) is 12.8. The topological polar surface area (TPSA) is 32.3 Å². The van der Waals surface area contributed by atoms with Gasteiger partial charge in [0, 0.05) is 18.1 Å². The Kier molecular flexibility index (Phi) is 2.69. The summed E-state index contributed by atoms with van der Waals surface area (Å²) < 4.78 is 0. The molecule has 2 aliphatic heterocycles. The molecule has 0 saturated carbocycles. The van der Waals surface area contributed by atoms with E-state index in [1.54, 1.807) is 6.20 Å². The molecule has 2 aliphatic rings. The van der Waals surface area contributed by atoms with E-state index in [9.17, 15) is 4.79 Å². The summed E-state index contributed by atoms with van der Waals surface area (Å²) in [6.45, 7) is 8.20. The third-order valence-corrected chi connectivity index (χ3v) is 3.18. The largest absolute Gasteiger partial charge is 0.367 e. The molecular weight excluding hydrogens is 200 g/mol. The predicted molar refractivity (Wildman–Crippen MR) is 64.2 cm³/mol. The lowest BCUT2D eigenvalue weighted by Gasteiger charge is -2.39. The molecule has 1 atom stereocenters. The van der Waals surface area contributed by atoms with E-state index in [4.69, 9.17) is 0 Å². The first-order valence-corrected chi connectivity index (χ1v) is 5.46. The normalized spacial score (nSPS) is 23.9. The third-order valence-electron chi connectivity index (χ3n) is 3.18. The first-order chi connectivity index (χ1) is 7.69. The summed E-state index contributed by atoms with van der Waals surface area (Å²) >= 11 is 0. The number of rotatable bonds is 2. The highest BCUT2D eigenvalue weighted by Gasteiger charge is 2.27. The van der Waals surface area contributed by atoms with Crippen molar-refractivity contribution in [2.45, 2.75) is 26.4 Å². The lowest BCUT2D eigenvalue weighted by molar-refractivity contribution is -0.104. The smallest absolute Gasteiger partial charge is 0.153 e. The molecule has 2 rings (SSSR count). The Bertz CT molecular complexity index is 429. The fourth-order valence-corrected chi connectivity index (χ4v) is 2.12. The summed E-state index contributed by atoms with van der Waals surface area (Å²) in [5.41, 5.74) is 3.98. The Morgan fingerprint density at radius 2 is 2.38 bits per heavy atom. The number of fused-ring (bicyclic) bond motifs is 1. The van der Waals surface area contributed by atoms with Crippen LogP contribution in [0, 0.1) is 0 Å². The van der Waals surface area contributed by atoms with Crippen LogP contribution in [0.4, 0.5) is 0 Å². The van der Waals surface area contributed by atoms with Gasteiger partial charge in [0.15, 0.2) is 6.29 Å². The van der Waals surface area contributed by atoms with Crippen molar-refractivity contribution in [2.75, 3.05) is 0 Å². The molecule has 0 aromatic rings. The van der Waals surface area contributed by atoms with Crippen molar-refractivity contribution >= 4 is 6.29 Å². The Morgan fingerprint density at radius 3 is 3.00 bits per heavy atom. The van der Waals surface area contributed by atoms with Crippen LogP contribution in [0.3, 0.4) is 0 Å². The average Bonchev–Trinajstić information content (AvgIpc) is 2.31. The maximum Gasteiger partial charge on any atom is 0.153 e. The number of carbonyl (C=O) groups is 1. The maximum atomic E-state index is 10.8. The van der Waals surface area contributed by atoms with Crippen molar-refractivity contribution in [3.05, 3.63) is 47.5 Å². The number of carbonyl (C=O) groups excluding carboxylic acids is 1. The van der Waals surface area contributed by atoms with Crippen LogP contribution in [0.25, 0.3) is 0 Å². The molecule has 0 bridgehead atoms. The highest BCUT2D eigenvalue weighted by molar-refractivity contribution is 5.80. The third kappa shape index (κ3) is 1.48. The van der Waals surface area contributed by atoms with Gasteiger partial charge in [-0.05, 0) is 30.6 Å². The maximum absolute atomic E-state index is 10.8. The van der Waals surface area contributed by atoms with Crippen LogP contribution in [0.2, 0.25) is 0 Å². The van der Waals surface area contributed by atoms with Crippen molar-refractivity contribution in [3.8, 4) is 0 Å². The molecule has 1 N–H and O–H groups in total. The van der Waals surface area contributed by atoms with Gasteiger partial charge in [-0.1, -0.05) is 13.5 Å². The van der Waals surface area contributed by atoms with Crippen LogP contribution in [-0.4, -0.2) is 17.4 Å². The predicted octanol–water partition coefficient (Wildman–Crippen LogP) is 2.07. The van der Waals surface area contributed by atoms with E-state index in [1.165, 1.54) is 11.1 Å². The van der Waals surface area contributed by atoms with Crippen LogP contribution in [0.15, 0.2) is 47.5 Å². The minimum absolute atomic E-state index is 0.108. The molecule has 3 nitrogen and oxygen atoms in total. The number of allylic oxidation sites excluding steroid dienone is 3. The van der Waals surface area contributed by atoms with Crippen LogP contribution in [-0.2, 0) is 4.79 Å². The number of nitrogens with zero attached hydrogens (tertiary/aromatic N) is 1. The van der Waals surface area contributed by atoms with Gasteiger partial charge in [0.25, 0.3) is 0 Å². The minimum Gasteiger partial charge on any atom is -0.367 e. The van der Waals surface area contributed by atoms with Crippen LogP contribution < -0.4 is 5.32 Å². The van der Waals surface area contributed by atoms with Gasteiger partial charge in [-0.3, -0.25) is 4.79 Å². The van der Waals surface area contributed by atoms with Gasteiger partial charge in [0.05, 0.1) is 5.57 Å². The monoisotopic (exact) mass is 216 g/mol. The molecule has 16 heavy (non-hydrogen) atoms. The van der Waals surface area contributed by atoms with Gasteiger partial charge < -0.3 is 10.2 Å². The standard InChI is InChI=1S/C13H16N2O/c1-4-11-5-6-15-10(3)12(8-16)7-14-13(15)9(11)2/h5-8,13-14H,3-4H2,1-2H3. The lowest BCUT2D eigenvalue weighted by atomic mass is 9.98. The average molecular weight is 216 g/mol. The van der Waals surface area contributed by atoms with E-state index in [2.05, 4.69) is 31.8 Å². The summed E-state index contributed by atoms with van der Waals surface area (Å²) in [7, 11) is 0. The van der Waals surface area contributed by atoms with Gasteiger partial charge in [0.1, 0.15) is 6.17 Å². The summed E-state index contributed by atoms with van der Waals surface area (Å²) in [6.07, 6.45) is 7.77. The van der Waals surface area contributed by atoms with E-state index in [-0.39, 0.29) is 6.17 Å². The first-order valence-electron chi connectivity index (χ1n) is 5.46. The molecule has 0 radical (unpaired) electrons. The quantitative estimate of drug-likeness (QED) is 0.717. The summed E-state index contributed by atoms with van der Waals surface area (Å²) in [5.74, 6) is 0. The van der Waals surface area contributed by atoms with Crippen LogP contribution in [0.1, 0.15) is 20.3 Å². The molecule has 0 aromatic heterocycles. The van der Waals surface area contributed by atoms with Gasteiger partial charge in [-0.15, -0.1) is 0 Å².